The standard InChI is InChI=1S/C16H19BrClNS/c1-16(2,3)11-7-5-10(6-8-11)14(19-4)13-9-12(18)15(17)20-13/h5-9,14,19H,1-4H3. The smallest absolute Gasteiger partial charge is 0.0888 e. The number of nitrogens with one attached hydrogen (secondary N) is 1. The molecular formula is C16H19BrClNS. The highest BCUT2D eigenvalue weighted by molar-refractivity contribution is 9.11. The molecule has 20 heavy (non-hydrogen) atoms. The molecule has 0 aliphatic rings. The third-order valence-electron chi connectivity index (χ3n) is 3.35. The largest absolute Gasteiger partial charge is 0.309 e. The molecule has 1 nitrogen and oxygen atoms in total. The average Bonchev–Trinajstić information content (AvgIpc) is 2.70. The van der Waals surface area contributed by atoms with E-state index >= 15 is 0 Å². The molecule has 0 aliphatic carbocycles. The lowest BCUT2D eigenvalue weighted by molar-refractivity contribution is 0.589. The maximum atomic E-state index is 6.14. The minimum Gasteiger partial charge on any atom is -0.309 e. The number of rotatable bonds is 3. The van der Waals surface area contributed by atoms with E-state index < -0.39 is 0 Å². The minimum atomic E-state index is 0.179. The van der Waals surface area contributed by atoms with Crippen LogP contribution in [0.4, 0.5) is 0 Å². The Kier molecular flexibility index (Phi) is 4.96. The normalized spacial score (nSPS) is 13.5. The molecular weight excluding hydrogens is 354 g/mol. The Bertz CT molecular complexity index is 564. The van der Waals surface area contributed by atoms with E-state index in [1.807, 2.05) is 13.1 Å². The van der Waals surface area contributed by atoms with Gasteiger partial charge < -0.3 is 5.32 Å². The minimum absolute atomic E-state index is 0.179. The summed E-state index contributed by atoms with van der Waals surface area (Å²) in [5, 5.41) is 4.14. The van der Waals surface area contributed by atoms with Gasteiger partial charge in [0.15, 0.2) is 0 Å². The molecule has 0 bridgehead atoms. The summed E-state index contributed by atoms with van der Waals surface area (Å²) in [6.45, 7) is 6.69. The van der Waals surface area contributed by atoms with Crippen molar-refractivity contribution in [1.82, 2.24) is 5.32 Å². The Morgan fingerprint density at radius 1 is 1.20 bits per heavy atom. The van der Waals surface area contributed by atoms with Crippen LogP contribution in [0.3, 0.4) is 0 Å². The highest BCUT2D eigenvalue weighted by atomic mass is 79.9. The van der Waals surface area contributed by atoms with Crippen molar-refractivity contribution in [3.05, 3.63) is 55.1 Å². The van der Waals surface area contributed by atoms with Crippen LogP contribution in [0.2, 0.25) is 5.02 Å². The lowest BCUT2D eigenvalue weighted by Crippen LogP contribution is -2.17. The van der Waals surface area contributed by atoms with Gasteiger partial charge in [-0.25, -0.2) is 0 Å². The van der Waals surface area contributed by atoms with Crippen LogP contribution in [0.15, 0.2) is 34.1 Å². The van der Waals surface area contributed by atoms with Gasteiger partial charge in [0.1, 0.15) is 0 Å². The van der Waals surface area contributed by atoms with Gasteiger partial charge in [-0.15, -0.1) is 11.3 Å². The van der Waals surface area contributed by atoms with Crippen molar-refractivity contribution >= 4 is 38.9 Å². The summed E-state index contributed by atoms with van der Waals surface area (Å²) in [6, 6.07) is 11.0. The van der Waals surface area contributed by atoms with E-state index in [0.717, 1.165) is 8.81 Å². The van der Waals surface area contributed by atoms with Gasteiger partial charge in [0.2, 0.25) is 0 Å². The Labute approximate surface area is 138 Å². The van der Waals surface area contributed by atoms with Crippen molar-refractivity contribution in [3.8, 4) is 0 Å². The molecule has 4 heteroatoms. The number of benzene rings is 1. The number of thiophene rings is 1. The second kappa shape index (κ2) is 6.18. The second-order valence-corrected chi connectivity index (χ2v) is 8.67. The average molecular weight is 373 g/mol. The van der Waals surface area contributed by atoms with Crippen LogP contribution in [0.5, 0.6) is 0 Å². The summed E-state index contributed by atoms with van der Waals surface area (Å²) in [6.07, 6.45) is 0. The topological polar surface area (TPSA) is 12.0 Å². The summed E-state index contributed by atoms with van der Waals surface area (Å²) >= 11 is 11.3. The van der Waals surface area contributed by atoms with Crippen LogP contribution in [-0.4, -0.2) is 7.05 Å². The van der Waals surface area contributed by atoms with Crippen LogP contribution in [-0.2, 0) is 5.41 Å². The monoisotopic (exact) mass is 371 g/mol. The Morgan fingerprint density at radius 2 is 1.80 bits per heavy atom. The van der Waals surface area contributed by atoms with Gasteiger partial charge in [0.05, 0.1) is 14.9 Å². The van der Waals surface area contributed by atoms with Gasteiger partial charge in [0.25, 0.3) is 0 Å². The third-order valence-corrected chi connectivity index (χ3v) is 5.89. The fourth-order valence-corrected chi connectivity index (χ4v) is 4.04. The first-order valence-electron chi connectivity index (χ1n) is 6.55. The Balaban J connectivity index is 2.33. The van der Waals surface area contributed by atoms with Gasteiger partial charge in [0, 0.05) is 4.88 Å². The van der Waals surface area contributed by atoms with Crippen molar-refractivity contribution in [1.29, 1.82) is 0 Å². The van der Waals surface area contributed by atoms with Crippen LogP contribution in [0.25, 0.3) is 0 Å². The van der Waals surface area contributed by atoms with Crippen molar-refractivity contribution in [2.75, 3.05) is 7.05 Å². The van der Waals surface area contributed by atoms with E-state index in [4.69, 9.17) is 11.6 Å². The predicted molar refractivity (Wildman–Crippen MR) is 93.1 cm³/mol. The van der Waals surface area contributed by atoms with E-state index in [-0.39, 0.29) is 11.5 Å². The van der Waals surface area contributed by atoms with Crippen molar-refractivity contribution < 1.29 is 0 Å². The number of hydrogen-bond acceptors (Lipinski definition) is 2. The van der Waals surface area contributed by atoms with Crippen molar-refractivity contribution in [3.63, 3.8) is 0 Å². The molecule has 1 atom stereocenters. The van der Waals surface area contributed by atoms with Crippen LogP contribution in [0, 0.1) is 0 Å². The summed E-state index contributed by atoms with van der Waals surface area (Å²) in [7, 11) is 1.98. The second-order valence-electron chi connectivity index (χ2n) is 5.86. The Morgan fingerprint density at radius 3 is 2.20 bits per heavy atom. The van der Waals surface area contributed by atoms with Gasteiger partial charge >= 0.3 is 0 Å². The predicted octanol–water partition coefficient (Wildman–Crippen LogP) is 5.77. The van der Waals surface area contributed by atoms with Crippen molar-refractivity contribution in [2.24, 2.45) is 0 Å². The molecule has 0 saturated heterocycles. The molecule has 1 unspecified atom stereocenters. The first-order chi connectivity index (χ1) is 9.32. The number of halogens is 2. The number of hydrogen-bond donors (Lipinski definition) is 1. The summed E-state index contributed by atoms with van der Waals surface area (Å²) < 4.78 is 0.987. The maximum absolute atomic E-state index is 6.14. The quantitative estimate of drug-likeness (QED) is 0.721. The van der Waals surface area contributed by atoms with Crippen molar-refractivity contribution in [2.45, 2.75) is 32.2 Å². The first-order valence-corrected chi connectivity index (χ1v) is 8.54. The molecule has 0 aliphatic heterocycles. The summed E-state index contributed by atoms with van der Waals surface area (Å²) in [4.78, 5) is 1.22. The molecule has 0 fully saturated rings. The third kappa shape index (κ3) is 3.45. The SMILES string of the molecule is CNC(c1ccc(C(C)(C)C)cc1)c1cc(Cl)c(Br)s1. The molecule has 108 valence electrons. The fourth-order valence-electron chi connectivity index (χ4n) is 2.15. The van der Waals surface area contributed by atoms with E-state index in [1.54, 1.807) is 11.3 Å². The highest BCUT2D eigenvalue weighted by Crippen LogP contribution is 2.37. The molecule has 0 saturated carbocycles. The molecule has 1 aromatic heterocycles. The van der Waals surface area contributed by atoms with Crippen LogP contribution in [0.1, 0.15) is 42.8 Å². The van der Waals surface area contributed by atoms with Gasteiger partial charge in [-0.1, -0.05) is 56.6 Å². The molecule has 1 heterocycles. The maximum Gasteiger partial charge on any atom is 0.0888 e. The zero-order chi connectivity index (χ0) is 14.9. The van der Waals surface area contributed by atoms with Gasteiger partial charge in [-0.3, -0.25) is 0 Å². The van der Waals surface area contributed by atoms with E-state index in [9.17, 15) is 0 Å². The Hall–Kier alpha value is -0.350. The van der Waals surface area contributed by atoms with E-state index in [2.05, 4.69) is 66.3 Å². The van der Waals surface area contributed by atoms with Crippen LogP contribution < -0.4 is 5.32 Å². The molecule has 0 radical (unpaired) electrons. The molecule has 0 amide bonds. The molecule has 1 N–H and O–H groups in total. The molecule has 2 aromatic rings. The van der Waals surface area contributed by atoms with Gasteiger partial charge in [-0.2, -0.15) is 0 Å². The van der Waals surface area contributed by atoms with Gasteiger partial charge in [-0.05, 0) is 45.6 Å². The lowest BCUT2D eigenvalue weighted by atomic mass is 9.86. The first kappa shape index (κ1) is 16.0. The van der Waals surface area contributed by atoms with E-state index in [1.165, 1.54) is 16.0 Å². The zero-order valence-corrected chi connectivity index (χ0v) is 15.3. The summed E-state index contributed by atoms with van der Waals surface area (Å²) in [5.41, 5.74) is 2.79. The zero-order valence-electron chi connectivity index (χ0n) is 12.1. The summed E-state index contributed by atoms with van der Waals surface area (Å²) in [5.74, 6) is 0. The molecule has 0 spiro atoms. The molecule has 1 aromatic carbocycles. The molecule has 2 rings (SSSR count). The fraction of sp³-hybridized carbons (Fsp3) is 0.375. The van der Waals surface area contributed by atoms with E-state index in [0.29, 0.717) is 0 Å². The van der Waals surface area contributed by atoms with Crippen LogP contribution >= 0.6 is 38.9 Å². The highest BCUT2D eigenvalue weighted by Gasteiger charge is 2.18. The lowest BCUT2D eigenvalue weighted by Gasteiger charge is -2.21.